The summed E-state index contributed by atoms with van der Waals surface area (Å²) in [5.41, 5.74) is 1.43. The first-order chi connectivity index (χ1) is 14.0. The highest BCUT2D eigenvalue weighted by Crippen LogP contribution is 2.30. The van der Waals surface area contributed by atoms with Gasteiger partial charge in [-0.05, 0) is 56.3 Å². The van der Waals surface area contributed by atoms with E-state index in [1.54, 1.807) is 12.3 Å². The van der Waals surface area contributed by atoms with Crippen LogP contribution >= 0.6 is 15.9 Å². The molecule has 3 aromatic rings. The molecule has 2 heterocycles. The Kier molecular flexibility index (Phi) is 6.93. The Morgan fingerprint density at radius 2 is 2.10 bits per heavy atom. The van der Waals surface area contributed by atoms with Gasteiger partial charge in [-0.2, -0.15) is 0 Å². The van der Waals surface area contributed by atoms with Gasteiger partial charge < -0.3 is 18.8 Å². The van der Waals surface area contributed by atoms with Gasteiger partial charge >= 0.3 is 5.97 Å². The Labute approximate surface area is 178 Å². The van der Waals surface area contributed by atoms with Gasteiger partial charge in [0.2, 0.25) is 0 Å². The maximum Gasteiger partial charge on any atom is 0.339 e. The first kappa shape index (κ1) is 20.9. The number of methoxy groups -OCH3 is 1. The van der Waals surface area contributed by atoms with Crippen LogP contribution in [-0.4, -0.2) is 24.6 Å². The summed E-state index contributed by atoms with van der Waals surface area (Å²) in [5.74, 6) is 1.92. The fourth-order valence-electron chi connectivity index (χ4n) is 2.93. The third-order valence-corrected chi connectivity index (χ3v) is 5.00. The lowest BCUT2D eigenvalue weighted by molar-refractivity contribution is 0.0600. The quantitative estimate of drug-likeness (QED) is 0.421. The summed E-state index contributed by atoms with van der Waals surface area (Å²) in [5, 5.41) is 0. The lowest BCUT2D eigenvalue weighted by Gasteiger charge is -2.24. The maximum absolute atomic E-state index is 11.6. The van der Waals surface area contributed by atoms with E-state index in [9.17, 15) is 4.79 Å². The molecule has 0 amide bonds. The second kappa shape index (κ2) is 9.60. The minimum absolute atomic E-state index is 0.211. The van der Waals surface area contributed by atoms with E-state index < -0.39 is 5.97 Å². The summed E-state index contributed by atoms with van der Waals surface area (Å²) < 4.78 is 17.3. The standard InChI is InChI=1S/C22H23BrN2O4/c1-4-25(21-10-7-16(13-24-21)22(26)27-3)14-17-12-18(23)8-9-20(17)29-15(2)19-6-5-11-28-19/h5-13,15H,4,14H2,1-3H3. The highest BCUT2D eigenvalue weighted by Gasteiger charge is 2.16. The number of hydrogen-bond acceptors (Lipinski definition) is 6. The Morgan fingerprint density at radius 1 is 1.28 bits per heavy atom. The van der Waals surface area contributed by atoms with E-state index in [-0.39, 0.29) is 6.10 Å². The lowest BCUT2D eigenvalue weighted by atomic mass is 10.1. The van der Waals surface area contributed by atoms with Gasteiger partial charge in [0.15, 0.2) is 6.10 Å². The molecule has 0 N–H and O–H groups in total. The predicted molar refractivity (Wildman–Crippen MR) is 114 cm³/mol. The highest BCUT2D eigenvalue weighted by molar-refractivity contribution is 9.10. The van der Waals surface area contributed by atoms with Gasteiger partial charge in [-0.3, -0.25) is 0 Å². The fraction of sp³-hybridized carbons (Fsp3) is 0.273. The van der Waals surface area contributed by atoms with Crippen LogP contribution in [0.5, 0.6) is 5.75 Å². The monoisotopic (exact) mass is 458 g/mol. The summed E-state index contributed by atoms with van der Waals surface area (Å²) in [6, 6.07) is 13.2. The molecule has 0 fully saturated rings. The fourth-order valence-corrected chi connectivity index (χ4v) is 3.34. The Bertz CT molecular complexity index is 942. The van der Waals surface area contributed by atoms with Gasteiger partial charge in [-0.25, -0.2) is 9.78 Å². The van der Waals surface area contributed by atoms with Crippen LogP contribution in [0, 0.1) is 0 Å². The van der Waals surface area contributed by atoms with Crippen LogP contribution in [0.25, 0.3) is 0 Å². The average molecular weight is 459 g/mol. The number of ether oxygens (including phenoxy) is 2. The number of hydrogen-bond donors (Lipinski definition) is 0. The van der Waals surface area contributed by atoms with Crippen LogP contribution in [0.2, 0.25) is 0 Å². The van der Waals surface area contributed by atoms with Crippen molar-refractivity contribution in [2.45, 2.75) is 26.5 Å². The number of halogens is 1. The van der Waals surface area contributed by atoms with Crippen LogP contribution in [0.1, 0.15) is 41.6 Å². The first-order valence-corrected chi connectivity index (χ1v) is 10.1. The number of anilines is 1. The van der Waals surface area contributed by atoms with Gasteiger partial charge in [-0.1, -0.05) is 15.9 Å². The normalized spacial score (nSPS) is 11.7. The van der Waals surface area contributed by atoms with Crippen molar-refractivity contribution in [2.75, 3.05) is 18.6 Å². The van der Waals surface area contributed by atoms with Gasteiger partial charge in [0.1, 0.15) is 17.3 Å². The molecule has 6 nitrogen and oxygen atoms in total. The van der Waals surface area contributed by atoms with Crippen molar-refractivity contribution in [1.29, 1.82) is 0 Å². The number of carbonyl (C=O) groups is 1. The third kappa shape index (κ3) is 5.17. The van der Waals surface area contributed by atoms with Crippen molar-refractivity contribution in [3.05, 3.63) is 76.3 Å². The van der Waals surface area contributed by atoms with Crippen molar-refractivity contribution < 1.29 is 18.7 Å². The number of carbonyl (C=O) groups excluding carboxylic acids is 1. The Hall–Kier alpha value is -2.80. The van der Waals surface area contributed by atoms with E-state index in [1.165, 1.54) is 13.3 Å². The SMILES string of the molecule is CCN(Cc1cc(Br)ccc1OC(C)c1ccco1)c1ccc(C(=O)OC)cn1. The molecule has 0 aliphatic carbocycles. The van der Waals surface area contributed by atoms with Crippen LogP contribution in [-0.2, 0) is 11.3 Å². The van der Waals surface area contributed by atoms with Crippen molar-refractivity contribution in [3.63, 3.8) is 0 Å². The molecule has 0 bridgehead atoms. The second-order valence-electron chi connectivity index (χ2n) is 6.44. The Balaban J connectivity index is 1.81. The number of benzene rings is 1. The number of rotatable bonds is 8. The van der Waals surface area contributed by atoms with Gasteiger partial charge in [0.05, 0.1) is 18.9 Å². The number of furan rings is 1. The molecule has 0 radical (unpaired) electrons. The van der Waals surface area contributed by atoms with E-state index in [1.807, 2.05) is 43.3 Å². The van der Waals surface area contributed by atoms with Crippen LogP contribution in [0.3, 0.4) is 0 Å². The number of aromatic nitrogens is 1. The number of pyridine rings is 1. The molecule has 0 aliphatic rings. The van der Waals surface area contributed by atoms with Gasteiger partial charge in [-0.15, -0.1) is 0 Å². The molecule has 1 aromatic carbocycles. The minimum atomic E-state index is -0.401. The molecule has 1 atom stereocenters. The summed E-state index contributed by atoms with van der Waals surface area (Å²) in [4.78, 5) is 18.2. The van der Waals surface area contributed by atoms with E-state index >= 15 is 0 Å². The summed E-state index contributed by atoms with van der Waals surface area (Å²) in [6.07, 6.45) is 2.96. The van der Waals surface area contributed by atoms with Gasteiger partial charge in [0.25, 0.3) is 0 Å². The molecule has 0 aliphatic heterocycles. The van der Waals surface area contributed by atoms with E-state index in [0.717, 1.165) is 33.9 Å². The second-order valence-corrected chi connectivity index (χ2v) is 7.35. The average Bonchev–Trinajstić information content (AvgIpc) is 3.28. The smallest absolute Gasteiger partial charge is 0.339 e. The van der Waals surface area contributed by atoms with Gasteiger partial charge in [0, 0.05) is 29.3 Å². The molecule has 0 saturated carbocycles. The molecule has 1 unspecified atom stereocenters. The molecule has 3 rings (SSSR count). The van der Waals surface area contributed by atoms with Crippen LogP contribution in [0.15, 0.2) is 63.8 Å². The third-order valence-electron chi connectivity index (χ3n) is 4.51. The molecular weight excluding hydrogens is 436 g/mol. The Morgan fingerprint density at radius 3 is 2.72 bits per heavy atom. The molecular formula is C22H23BrN2O4. The molecule has 29 heavy (non-hydrogen) atoms. The lowest BCUT2D eigenvalue weighted by Crippen LogP contribution is -2.23. The first-order valence-electron chi connectivity index (χ1n) is 9.29. The number of esters is 1. The van der Waals surface area contributed by atoms with E-state index in [0.29, 0.717) is 12.1 Å². The predicted octanol–water partition coefficient (Wildman–Crippen LogP) is 5.39. The molecule has 7 heteroatoms. The zero-order valence-corrected chi connectivity index (χ0v) is 18.2. The molecule has 0 saturated heterocycles. The minimum Gasteiger partial charge on any atom is -0.482 e. The van der Waals surface area contributed by atoms with Crippen molar-refractivity contribution in [2.24, 2.45) is 0 Å². The molecule has 152 valence electrons. The summed E-state index contributed by atoms with van der Waals surface area (Å²) in [6.45, 7) is 5.35. The van der Waals surface area contributed by atoms with Crippen LogP contribution in [0.4, 0.5) is 5.82 Å². The molecule has 2 aromatic heterocycles. The van der Waals surface area contributed by atoms with E-state index in [4.69, 9.17) is 13.9 Å². The van der Waals surface area contributed by atoms with E-state index in [2.05, 4.69) is 32.7 Å². The summed E-state index contributed by atoms with van der Waals surface area (Å²) >= 11 is 3.54. The van der Waals surface area contributed by atoms with Crippen molar-refractivity contribution in [1.82, 2.24) is 4.98 Å². The largest absolute Gasteiger partial charge is 0.482 e. The zero-order chi connectivity index (χ0) is 20.8. The topological polar surface area (TPSA) is 64.8 Å². The maximum atomic E-state index is 11.6. The molecule has 0 spiro atoms. The summed E-state index contributed by atoms with van der Waals surface area (Å²) in [7, 11) is 1.35. The van der Waals surface area contributed by atoms with Crippen molar-refractivity contribution in [3.8, 4) is 5.75 Å². The van der Waals surface area contributed by atoms with Crippen molar-refractivity contribution >= 4 is 27.7 Å². The van der Waals surface area contributed by atoms with Crippen LogP contribution < -0.4 is 9.64 Å². The zero-order valence-electron chi connectivity index (χ0n) is 16.6. The highest BCUT2D eigenvalue weighted by atomic mass is 79.9. The number of nitrogens with zero attached hydrogens (tertiary/aromatic N) is 2.